The highest BCUT2D eigenvalue weighted by atomic mass is 32.1. The van der Waals surface area contributed by atoms with Crippen LogP contribution in [0.3, 0.4) is 0 Å². The summed E-state index contributed by atoms with van der Waals surface area (Å²) in [5.74, 6) is -0.779. The van der Waals surface area contributed by atoms with E-state index in [1.807, 2.05) is 11.4 Å². The minimum Gasteiger partial charge on any atom is -0.480 e. The molecule has 0 aromatic carbocycles. The number of rotatable bonds is 1. The van der Waals surface area contributed by atoms with Crippen LogP contribution in [0.1, 0.15) is 16.5 Å². The monoisotopic (exact) mass is 183 g/mol. The van der Waals surface area contributed by atoms with Crippen molar-refractivity contribution in [3.63, 3.8) is 0 Å². The number of aliphatic carboxylic acids is 1. The van der Waals surface area contributed by atoms with Gasteiger partial charge in [0.25, 0.3) is 0 Å². The Morgan fingerprint density at radius 3 is 3.33 bits per heavy atom. The molecule has 0 radical (unpaired) electrons. The van der Waals surface area contributed by atoms with Gasteiger partial charge in [0.2, 0.25) is 0 Å². The zero-order chi connectivity index (χ0) is 8.55. The van der Waals surface area contributed by atoms with Crippen molar-refractivity contribution in [3.05, 3.63) is 21.9 Å². The molecule has 12 heavy (non-hydrogen) atoms. The van der Waals surface area contributed by atoms with E-state index in [2.05, 4.69) is 5.32 Å². The van der Waals surface area contributed by atoms with Gasteiger partial charge in [-0.25, -0.2) is 0 Å². The number of carboxylic acids is 1. The summed E-state index contributed by atoms with van der Waals surface area (Å²) < 4.78 is 0. The van der Waals surface area contributed by atoms with Crippen LogP contribution < -0.4 is 5.32 Å². The molecule has 0 amide bonds. The van der Waals surface area contributed by atoms with Gasteiger partial charge in [-0.3, -0.25) is 10.1 Å². The lowest BCUT2D eigenvalue weighted by Gasteiger charge is -2.19. The maximum absolute atomic E-state index is 10.8. The number of carboxylic acid groups (broad SMARTS) is 1. The van der Waals surface area contributed by atoms with Crippen molar-refractivity contribution in [2.45, 2.75) is 12.5 Å². The van der Waals surface area contributed by atoms with Crippen LogP contribution in [-0.2, 0) is 11.2 Å². The smallest absolute Gasteiger partial charge is 0.326 e. The first kappa shape index (κ1) is 7.76. The quantitative estimate of drug-likeness (QED) is 0.683. The van der Waals surface area contributed by atoms with Gasteiger partial charge < -0.3 is 5.11 Å². The number of fused-ring (bicyclic) bond motifs is 1. The molecule has 1 atom stereocenters. The standard InChI is InChI=1S/C8H9NO2S/c10-8(11)6-7-5(1-3-9-6)2-4-12-7/h2,4,6,9H,1,3H2,(H,10,11)/t6-/m0/s1. The molecule has 0 unspecified atom stereocenters. The second-order valence-electron chi connectivity index (χ2n) is 2.79. The zero-order valence-electron chi connectivity index (χ0n) is 6.41. The van der Waals surface area contributed by atoms with Crippen molar-refractivity contribution in [1.29, 1.82) is 0 Å². The summed E-state index contributed by atoms with van der Waals surface area (Å²) in [7, 11) is 0. The van der Waals surface area contributed by atoms with Crippen molar-refractivity contribution in [1.82, 2.24) is 5.32 Å². The zero-order valence-corrected chi connectivity index (χ0v) is 7.23. The lowest BCUT2D eigenvalue weighted by atomic mass is 10.0. The summed E-state index contributed by atoms with van der Waals surface area (Å²) in [5.41, 5.74) is 1.19. The first-order valence-corrected chi connectivity index (χ1v) is 4.69. The van der Waals surface area contributed by atoms with Gasteiger partial charge in [-0.2, -0.15) is 0 Å². The summed E-state index contributed by atoms with van der Waals surface area (Å²) >= 11 is 1.52. The lowest BCUT2D eigenvalue weighted by molar-refractivity contribution is -0.139. The van der Waals surface area contributed by atoms with E-state index >= 15 is 0 Å². The minimum atomic E-state index is -0.779. The molecule has 0 saturated carbocycles. The van der Waals surface area contributed by atoms with Crippen LogP contribution in [0, 0.1) is 0 Å². The second kappa shape index (κ2) is 2.88. The van der Waals surface area contributed by atoms with Crippen LogP contribution in [0.5, 0.6) is 0 Å². The van der Waals surface area contributed by atoms with Gasteiger partial charge >= 0.3 is 5.97 Å². The predicted octanol–water partition coefficient (Wildman–Crippen LogP) is 1.02. The van der Waals surface area contributed by atoms with E-state index in [4.69, 9.17) is 5.11 Å². The summed E-state index contributed by atoms with van der Waals surface area (Å²) in [5, 5.41) is 13.8. The Bertz CT molecular complexity index is 308. The highest BCUT2D eigenvalue weighted by molar-refractivity contribution is 7.10. The fraction of sp³-hybridized carbons (Fsp3) is 0.375. The molecular formula is C8H9NO2S. The van der Waals surface area contributed by atoms with Gasteiger partial charge in [0.15, 0.2) is 0 Å². The largest absolute Gasteiger partial charge is 0.480 e. The fourth-order valence-electron chi connectivity index (χ4n) is 1.45. The second-order valence-corrected chi connectivity index (χ2v) is 3.73. The van der Waals surface area contributed by atoms with Crippen molar-refractivity contribution in [3.8, 4) is 0 Å². The van der Waals surface area contributed by atoms with Gasteiger partial charge in [-0.1, -0.05) is 0 Å². The fourth-order valence-corrected chi connectivity index (χ4v) is 2.47. The normalized spacial score (nSPS) is 21.8. The maximum atomic E-state index is 10.8. The Morgan fingerprint density at radius 1 is 1.75 bits per heavy atom. The Labute approximate surface area is 74.0 Å². The maximum Gasteiger partial charge on any atom is 0.326 e. The van der Waals surface area contributed by atoms with Crippen LogP contribution in [0.2, 0.25) is 0 Å². The molecule has 0 aliphatic carbocycles. The molecule has 0 saturated heterocycles. The van der Waals surface area contributed by atoms with Crippen LogP contribution in [0.25, 0.3) is 0 Å². The van der Waals surface area contributed by atoms with Gasteiger partial charge in [-0.05, 0) is 23.4 Å². The first-order chi connectivity index (χ1) is 5.79. The van der Waals surface area contributed by atoms with Crippen molar-refractivity contribution in [2.24, 2.45) is 0 Å². The van der Waals surface area contributed by atoms with E-state index in [9.17, 15) is 4.79 Å². The number of hydrogen-bond acceptors (Lipinski definition) is 3. The molecule has 1 aliphatic heterocycles. The van der Waals surface area contributed by atoms with E-state index in [0.717, 1.165) is 17.8 Å². The van der Waals surface area contributed by atoms with E-state index < -0.39 is 12.0 Å². The number of carbonyl (C=O) groups is 1. The van der Waals surface area contributed by atoms with Gasteiger partial charge in [0, 0.05) is 11.4 Å². The molecule has 1 aromatic rings. The van der Waals surface area contributed by atoms with E-state index in [1.165, 1.54) is 16.9 Å². The minimum absolute atomic E-state index is 0.478. The Kier molecular flexibility index (Phi) is 1.86. The molecular weight excluding hydrogens is 174 g/mol. The summed E-state index contributed by atoms with van der Waals surface area (Å²) in [4.78, 5) is 11.7. The Hall–Kier alpha value is -0.870. The average Bonchev–Trinajstić information content (AvgIpc) is 2.49. The third kappa shape index (κ3) is 1.13. The van der Waals surface area contributed by atoms with E-state index in [1.54, 1.807) is 0 Å². The number of thiophene rings is 1. The third-order valence-corrected chi connectivity index (χ3v) is 3.06. The number of hydrogen-bond donors (Lipinski definition) is 2. The topological polar surface area (TPSA) is 49.3 Å². The third-order valence-electron chi connectivity index (χ3n) is 2.03. The van der Waals surface area contributed by atoms with E-state index in [-0.39, 0.29) is 0 Å². The molecule has 2 N–H and O–H groups in total. The summed E-state index contributed by atoms with van der Waals surface area (Å²) in [6, 6.07) is 1.53. The Balaban J connectivity index is 2.37. The molecule has 0 spiro atoms. The van der Waals surface area contributed by atoms with Crippen LogP contribution in [0.15, 0.2) is 11.4 Å². The van der Waals surface area contributed by atoms with Gasteiger partial charge in [0.1, 0.15) is 6.04 Å². The highest BCUT2D eigenvalue weighted by Gasteiger charge is 2.26. The summed E-state index contributed by atoms with van der Waals surface area (Å²) in [6.45, 7) is 0.765. The summed E-state index contributed by atoms with van der Waals surface area (Å²) in [6.07, 6.45) is 0.947. The Morgan fingerprint density at radius 2 is 2.58 bits per heavy atom. The molecule has 64 valence electrons. The lowest BCUT2D eigenvalue weighted by Crippen LogP contribution is -2.33. The van der Waals surface area contributed by atoms with Crippen LogP contribution >= 0.6 is 11.3 Å². The predicted molar refractivity (Wildman–Crippen MR) is 46.4 cm³/mol. The van der Waals surface area contributed by atoms with Crippen molar-refractivity contribution in [2.75, 3.05) is 6.54 Å². The molecule has 1 aromatic heterocycles. The van der Waals surface area contributed by atoms with Crippen LogP contribution in [0.4, 0.5) is 0 Å². The molecule has 3 nitrogen and oxygen atoms in total. The number of nitrogens with one attached hydrogen (secondary N) is 1. The van der Waals surface area contributed by atoms with Gasteiger partial charge in [-0.15, -0.1) is 11.3 Å². The average molecular weight is 183 g/mol. The van der Waals surface area contributed by atoms with Crippen LogP contribution in [-0.4, -0.2) is 17.6 Å². The first-order valence-electron chi connectivity index (χ1n) is 3.81. The SMILES string of the molecule is O=C(O)[C@H]1NCCc2ccsc21. The molecule has 0 fully saturated rings. The van der Waals surface area contributed by atoms with Gasteiger partial charge in [0.05, 0.1) is 0 Å². The molecule has 1 aliphatic rings. The highest BCUT2D eigenvalue weighted by Crippen LogP contribution is 2.27. The van der Waals surface area contributed by atoms with Crippen molar-refractivity contribution < 1.29 is 9.90 Å². The molecule has 0 bridgehead atoms. The van der Waals surface area contributed by atoms with Crippen molar-refractivity contribution >= 4 is 17.3 Å². The molecule has 2 heterocycles. The molecule has 2 rings (SSSR count). The van der Waals surface area contributed by atoms with E-state index in [0.29, 0.717) is 0 Å². The molecule has 4 heteroatoms.